The number of rotatable bonds is 7. The minimum Gasteiger partial charge on any atom is -0.316 e. The van der Waals surface area contributed by atoms with Crippen LogP contribution >= 0.6 is 0 Å². The van der Waals surface area contributed by atoms with Crippen LogP contribution < -0.4 is 5.32 Å². The Labute approximate surface area is 124 Å². The maximum atomic E-state index is 3.61. The molecule has 1 aromatic rings. The number of nitrogens with zero attached hydrogens (tertiary/aromatic N) is 1. The molecule has 2 nitrogen and oxygen atoms in total. The quantitative estimate of drug-likeness (QED) is 0.821. The highest BCUT2D eigenvalue weighted by Crippen LogP contribution is 2.16. The molecule has 0 aromatic heterocycles. The average Bonchev–Trinajstić information content (AvgIpc) is 2.47. The van der Waals surface area contributed by atoms with Gasteiger partial charge in [0.15, 0.2) is 0 Å². The zero-order chi connectivity index (χ0) is 14.2. The highest BCUT2D eigenvalue weighted by molar-refractivity contribution is 5.14. The summed E-state index contributed by atoms with van der Waals surface area (Å²) >= 11 is 0. The van der Waals surface area contributed by atoms with E-state index in [0.29, 0.717) is 0 Å². The summed E-state index contributed by atoms with van der Waals surface area (Å²) in [5, 5.41) is 3.61. The van der Waals surface area contributed by atoms with Crippen LogP contribution in [0.1, 0.15) is 32.3 Å². The monoisotopic (exact) mass is 274 g/mol. The molecule has 2 rings (SSSR count). The topological polar surface area (TPSA) is 15.3 Å². The van der Waals surface area contributed by atoms with E-state index in [1.165, 1.54) is 51.0 Å². The lowest BCUT2D eigenvalue weighted by molar-refractivity contribution is 0.183. The summed E-state index contributed by atoms with van der Waals surface area (Å²) in [5.41, 5.74) is 1.47. The third kappa shape index (κ3) is 5.64. The molecule has 0 spiro atoms. The number of hydrogen-bond donors (Lipinski definition) is 1. The fourth-order valence-corrected chi connectivity index (χ4v) is 2.92. The van der Waals surface area contributed by atoms with Gasteiger partial charge in [0.05, 0.1) is 0 Å². The molecule has 0 unspecified atom stereocenters. The SMILES string of the molecule is CC(C)CNCC1CCN(CCc2ccccc2)CC1. The van der Waals surface area contributed by atoms with Crippen LogP contribution in [0, 0.1) is 11.8 Å². The van der Waals surface area contributed by atoms with Gasteiger partial charge in [0.1, 0.15) is 0 Å². The lowest BCUT2D eigenvalue weighted by Crippen LogP contribution is -2.38. The molecule has 0 bridgehead atoms. The summed E-state index contributed by atoms with van der Waals surface area (Å²) in [6.45, 7) is 10.7. The molecule has 1 N–H and O–H groups in total. The maximum Gasteiger partial charge on any atom is 0.00218 e. The fourth-order valence-electron chi connectivity index (χ4n) is 2.92. The fraction of sp³-hybridized carbons (Fsp3) is 0.667. The summed E-state index contributed by atoms with van der Waals surface area (Å²) < 4.78 is 0. The van der Waals surface area contributed by atoms with E-state index in [1.807, 2.05) is 0 Å². The van der Waals surface area contributed by atoms with Crippen molar-refractivity contribution >= 4 is 0 Å². The standard InChI is InChI=1S/C18H30N2/c1-16(2)14-19-15-18-9-12-20(13-10-18)11-8-17-6-4-3-5-7-17/h3-7,16,18-19H,8-15H2,1-2H3. The molecule has 20 heavy (non-hydrogen) atoms. The van der Waals surface area contributed by atoms with E-state index in [0.717, 1.165) is 18.4 Å². The van der Waals surface area contributed by atoms with Gasteiger partial charge in [-0.25, -0.2) is 0 Å². The molecule has 0 atom stereocenters. The highest BCUT2D eigenvalue weighted by atomic mass is 15.1. The smallest absolute Gasteiger partial charge is 0.00218 e. The van der Waals surface area contributed by atoms with Crippen molar-refractivity contribution in [3.05, 3.63) is 35.9 Å². The first-order chi connectivity index (χ1) is 9.74. The molecule has 1 fully saturated rings. The van der Waals surface area contributed by atoms with Crippen LogP contribution in [0.15, 0.2) is 30.3 Å². The van der Waals surface area contributed by atoms with Gasteiger partial charge in [0.2, 0.25) is 0 Å². The van der Waals surface area contributed by atoms with E-state index < -0.39 is 0 Å². The predicted octanol–water partition coefficient (Wildman–Crippen LogP) is 3.19. The Morgan fingerprint density at radius 1 is 1.15 bits per heavy atom. The van der Waals surface area contributed by atoms with Crippen LogP contribution in [0.25, 0.3) is 0 Å². The first-order valence-electron chi connectivity index (χ1n) is 8.21. The Hall–Kier alpha value is -0.860. The van der Waals surface area contributed by atoms with Gasteiger partial charge in [-0.15, -0.1) is 0 Å². The Morgan fingerprint density at radius 3 is 2.50 bits per heavy atom. The second kappa shape index (κ2) is 8.43. The Balaban J connectivity index is 1.59. The minimum absolute atomic E-state index is 0.765. The molecule has 0 radical (unpaired) electrons. The molecular formula is C18H30N2. The van der Waals surface area contributed by atoms with Gasteiger partial charge in [-0.3, -0.25) is 0 Å². The normalized spacial score (nSPS) is 17.8. The lowest BCUT2D eigenvalue weighted by Gasteiger charge is -2.32. The van der Waals surface area contributed by atoms with Gasteiger partial charge in [-0.05, 0) is 62.8 Å². The number of piperidine rings is 1. The minimum atomic E-state index is 0.765. The molecule has 1 aromatic carbocycles. The van der Waals surface area contributed by atoms with E-state index in [9.17, 15) is 0 Å². The highest BCUT2D eigenvalue weighted by Gasteiger charge is 2.18. The van der Waals surface area contributed by atoms with Gasteiger partial charge >= 0.3 is 0 Å². The number of likely N-dealkylation sites (tertiary alicyclic amines) is 1. The van der Waals surface area contributed by atoms with Crippen LogP contribution in [-0.4, -0.2) is 37.6 Å². The number of benzene rings is 1. The molecule has 112 valence electrons. The zero-order valence-corrected chi connectivity index (χ0v) is 13.1. The van der Waals surface area contributed by atoms with E-state index in [-0.39, 0.29) is 0 Å². The van der Waals surface area contributed by atoms with E-state index >= 15 is 0 Å². The van der Waals surface area contributed by atoms with Crippen molar-refractivity contribution < 1.29 is 0 Å². The van der Waals surface area contributed by atoms with Crippen LogP contribution in [0.5, 0.6) is 0 Å². The van der Waals surface area contributed by atoms with Crippen molar-refractivity contribution in [2.24, 2.45) is 11.8 Å². The molecule has 1 saturated heterocycles. The van der Waals surface area contributed by atoms with Crippen LogP contribution in [0.4, 0.5) is 0 Å². The van der Waals surface area contributed by atoms with Crippen LogP contribution in [0.3, 0.4) is 0 Å². The van der Waals surface area contributed by atoms with E-state index in [1.54, 1.807) is 0 Å². The van der Waals surface area contributed by atoms with Crippen molar-refractivity contribution in [3.63, 3.8) is 0 Å². The average molecular weight is 274 g/mol. The van der Waals surface area contributed by atoms with Crippen molar-refractivity contribution in [3.8, 4) is 0 Å². The van der Waals surface area contributed by atoms with Gasteiger partial charge in [0.25, 0.3) is 0 Å². The number of nitrogens with one attached hydrogen (secondary N) is 1. The Morgan fingerprint density at radius 2 is 1.85 bits per heavy atom. The molecular weight excluding hydrogens is 244 g/mol. The van der Waals surface area contributed by atoms with Crippen LogP contribution in [-0.2, 0) is 6.42 Å². The second-order valence-corrected chi connectivity index (χ2v) is 6.57. The molecule has 2 heteroatoms. The maximum absolute atomic E-state index is 3.61. The molecule has 1 heterocycles. The van der Waals surface area contributed by atoms with Gasteiger partial charge < -0.3 is 10.2 Å². The first kappa shape index (κ1) is 15.5. The predicted molar refractivity (Wildman–Crippen MR) is 87.0 cm³/mol. The van der Waals surface area contributed by atoms with Crippen LogP contribution in [0.2, 0.25) is 0 Å². The van der Waals surface area contributed by atoms with Crippen molar-refractivity contribution in [2.75, 3.05) is 32.7 Å². The third-order valence-corrected chi connectivity index (χ3v) is 4.25. The summed E-state index contributed by atoms with van der Waals surface area (Å²) in [6.07, 6.45) is 3.91. The van der Waals surface area contributed by atoms with E-state index in [4.69, 9.17) is 0 Å². The van der Waals surface area contributed by atoms with Gasteiger partial charge in [-0.2, -0.15) is 0 Å². The molecule has 0 saturated carbocycles. The summed E-state index contributed by atoms with van der Waals surface area (Å²) in [5.74, 6) is 1.66. The first-order valence-corrected chi connectivity index (χ1v) is 8.21. The summed E-state index contributed by atoms with van der Waals surface area (Å²) in [4.78, 5) is 2.63. The van der Waals surface area contributed by atoms with Crippen molar-refractivity contribution in [1.82, 2.24) is 10.2 Å². The van der Waals surface area contributed by atoms with Crippen molar-refractivity contribution in [2.45, 2.75) is 33.1 Å². The molecule has 1 aliphatic rings. The molecule has 0 aliphatic carbocycles. The van der Waals surface area contributed by atoms with Gasteiger partial charge in [-0.1, -0.05) is 44.2 Å². The summed E-state index contributed by atoms with van der Waals surface area (Å²) in [7, 11) is 0. The van der Waals surface area contributed by atoms with Crippen molar-refractivity contribution in [1.29, 1.82) is 0 Å². The Kier molecular flexibility index (Phi) is 6.55. The zero-order valence-electron chi connectivity index (χ0n) is 13.1. The summed E-state index contributed by atoms with van der Waals surface area (Å²) in [6, 6.07) is 10.9. The Bertz CT molecular complexity index is 353. The lowest BCUT2D eigenvalue weighted by atomic mass is 9.96. The second-order valence-electron chi connectivity index (χ2n) is 6.57. The molecule has 0 amide bonds. The third-order valence-electron chi connectivity index (χ3n) is 4.25. The largest absolute Gasteiger partial charge is 0.316 e. The van der Waals surface area contributed by atoms with E-state index in [2.05, 4.69) is 54.4 Å². The molecule has 1 aliphatic heterocycles. The van der Waals surface area contributed by atoms with Gasteiger partial charge in [0, 0.05) is 6.54 Å². The number of hydrogen-bond acceptors (Lipinski definition) is 2.